The van der Waals surface area contributed by atoms with Gasteiger partial charge in [-0.3, -0.25) is 14.5 Å². The van der Waals surface area contributed by atoms with Gasteiger partial charge in [-0.05, 0) is 0 Å². The molecule has 1 rings (SSSR count). The molecular weight excluding hydrogens is 266 g/mol. The van der Waals surface area contributed by atoms with Crippen molar-refractivity contribution in [2.24, 2.45) is 11.8 Å². The van der Waals surface area contributed by atoms with Crippen LogP contribution in [0.3, 0.4) is 0 Å². The molecule has 2 atom stereocenters. The monoisotopic (exact) mass is 283 g/mol. The summed E-state index contributed by atoms with van der Waals surface area (Å²) in [5, 5.41) is 0. The Morgan fingerprint density at radius 2 is 1.60 bits per heavy atom. The smallest absolute Gasteiger partial charge is 0.331 e. The highest BCUT2D eigenvalue weighted by atomic mass is 16.5. The summed E-state index contributed by atoms with van der Waals surface area (Å²) < 4.78 is 9.09. The van der Waals surface area contributed by atoms with Crippen molar-refractivity contribution in [1.29, 1.82) is 0 Å². The van der Waals surface area contributed by atoms with E-state index >= 15 is 0 Å². The highest BCUT2D eigenvalue weighted by molar-refractivity contribution is 6.04. The molecule has 0 N–H and O–H groups in total. The maximum absolute atomic E-state index is 11.7. The average Bonchev–Trinajstić information content (AvgIpc) is 2.62. The third-order valence-corrected chi connectivity index (χ3v) is 3.18. The summed E-state index contributed by atoms with van der Waals surface area (Å²) in [6.45, 7) is 3.29. The number of likely N-dealkylation sites (tertiary alicyclic amines) is 1. The summed E-state index contributed by atoms with van der Waals surface area (Å²) in [6, 6.07) is 0. The Balaban J connectivity index is 2.40. The van der Waals surface area contributed by atoms with E-state index in [9.17, 15) is 19.2 Å². The number of rotatable bonds is 5. The van der Waals surface area contributed by atoms with Crippen LogP contribution in [0.1, 0.15) is 13.8 Å². The fraction of sp³-hybridized carbons (Fsp3) is 0.538. The van der Waals surface area contributed by atoms with Crippen LogP contribution in [0.2, 0.25) is 0 Å². The predicted molar refractivity (Wildman–Crippen MR) is 67.2 cm³/mol. The van der Waals surface area contributed by atoms with Gasteiger partial charge < -0.3 is 9.47 Å². The highest BCUT2D eigenvalue weighted by Crippen LogP contribution is 2.24. The molecule has 2 amide bonds. The van der Waals surface area contributed by atoms with Crippen molar-refractivity contribution < 1.29 is 28.7 Å². The Morgan fingerprint density at radius 3 is 2.10 bits per heavy atom. The first-order valence-corrected chi connectivity index (χ1v) is 6.16. The van der Waals surface area contributed by atoms with E-state index in [-0.39, 0.29) is 36.8 Å². The van der Waals surface area contributed by atoms with Crippen LogP contribution in [0.5, 0.6) is 0 Å². The van der Waals surface area contributed by atoms with Crippen molar-refractivity contribution >= 4 is 23.8 Å². The zero-order valence-electron chi connectivity index (χ0n) is 11.6. The van der Waals surface area contributed by atoms with E-state index in [0.29, 0.717) is 0 Å². The summed E-state index contributed by atoms with van der Waals surface area (Å²) >= 11 is 0. The van der Waals surface area contributed by atoms with Crippen molar-refractivity contribution in [3.63, 3.8) is 0 Å². The van der Waals surface area contributed by atoms with E-state index in [4.69, 9.17) is 4.74 Å². The number of imide groups is 1. The third kappa shape index (κ3) is 3.66. The molecule has 20 heavy (non-hydrogen) atoms. The number of carbonyl (C=O) groups is 4. The fourth-order valence-corrected chi connectivity index (χ4v) is 1.74. The Kier molecular flexibility index (Phi) is 5.42. The molecule has 0 aliphatic carbocycles. The van der Waals surface area contributed by atoms with Gasteiger partial charge in [0.25, 0.3) is 0 Å². The van der Waals surface area contributed by atoms with Gasteiger partial charge in [-0.25, -0.2) is 9.59 Å². The standard InChI is InChI=1S/C13H17NO6/c1-8-9(2)13(18)14(12(8)17)6-7-20-11(16)5-4-10(15)19-3/h4-5,8-9H,6-7H2,1-3H3/t8-,9+. The second-order valence-electron chi connectivity index (χ2n) is 4.43. The minimum atomic E-state index is -0.740. The van der Waals surface area contributed by atoms with Gasteiger partial charge in [-0.2, -0.15) is 0 Å². The molecule has 1 heterocycles. The van der Waals surface area contributed by atoms with Crippen LogP contribution >= 0.6 is 0 Å². The molecule has 1 saturated heterocycles. The SMILES string of the molecule is COC(=O)C=CC(=O)OCCN1C(=O)[C@@H](C)[C@@H](C)C1=O. The summed E-state index contributed by atoms with van der Waals surface area (Å²) in [5.74, 6) is -2.63. The molecule has 0 aromatic rings. The number of hydrogen-bond donors (Lipinski definition) is 0. The lowest BCUT2D eigenvalue weighted by molar-refractivity contribution is -0.145. The molecule has 1 aliphatic rings. The zero-order chi connectivity index (χ0) is 15.3. The lowest BCUT2D eigenvalue weighted by atomic mass is 10.00. The lowest BCUT2D eigenvalue weighted by Crippen LogP contribution is -2.34. The average molecular weight is 283 g/mol. The van der Waals surface area contributed by atoms with E-state index in [1.54, 1.807) is 13.8 Å². The first-order chi connectivity index (χ1) is 9.38. The molecule has 0 unspecified atom stereocenters. The molecule has 0 radical (unpaired) electrons. The van der Waals surface area contributed by atoms with E-state index in [1.807, 2.05) is 0 Å². The van der Waals surface area contributed by atoms with E-state index in [0.717, 1.165) is 17.1 Å². The largest absolute Gasteiger partial charge is 0.466 e. The van der Waals surface area contributed by atoms with Crippen LogP contribution in [0.25, 0.3) is 0 Å². The minimum Gasteiger partial charge on any atom is -0.466 e. The quantitative estimate of drug-likeness (QED) is 0.397. The van der Waals surface area contributed by atoms with Crippen molar-refractivity contribution in [1.82, 2.24) is 4.90 Å². The number of hydrogen-bond acceptors (Lipinski definition) is 6. The Bertz CT molecular complexity index is 436. The number of nitrogens with zero attached hydrogens (tertiary/aromatic N) is 1. The van der Waals surface area contributed by atoms with Gasteiger partial charge in [-0.1, -0.05) is 13.8 Å². The lowest BCUT2D eigenvalue weighted by Gasteiger charge is -2.13. The van der Waals surface area contributed by atoms with Crippen molar-refractivity contribution in [3.8, 4) is 0 Å². The third-order valence-electron chi connectivity index (χ3n) is 3.18. The molecule has 7 nitrogen and oxygen atoms in total. The first kappa shape index (κ1) is 15.9. The number of carbonyl (C=O) groups excluding carboxylic acids is 4. The van der Waals surface area contributed by atoms with Crippen LogP contribution < -0.4 is 0 Å². The molecule has 110 valence electrons. The maximum Gasteiger partial charge on any atom is 0.331 e. The molecular formula is C13H17NO6. The van der Waals surface area contributed by atoms with Gasteiger partial charge in [0.15, 0.2) is 0 Å². The van der Waals surface area contributed by atoms with Crippen molar-refractivity contribution in [3.05, 3.63) is 12.2 Å². The molecule has 0 spiro atoms. The van der Waals surface area contributed by atoms with Crippen LogP contribution in [-0.4, -0.2) is 48.9 Å². The number of esters is 2. The topological polar surface area (TPSA) is 90.0 Å². The number of methoxy groups -OCH3 is 1. The molecule has 7 heteroatoms. The van der Waals surface area contributed by atoms with Gasteiger partial charge >= 0.3 is 11.9 Å². The predicted octanol–water partition coefficient (Wildman–Crippen LogP) is -0.100. The Morgan fingerprint density at radius 1 is 1.10 bits per heavy atom. The minimum absolute atomic E-state index is 0.0180. The molecule has 1 fully saturated rings. The second kappa shape index (κ2) is 6.83. The van der Waals surface area contributed by atoms with Crippen LogP contribution in [0, 0.1) is 11.8 Å². The number of amides is 2. The first-order valence-electron chi connectivity index (χ1n) is 6.16. The van der Waals surface area contributed by atoms with Crippen molar-refractivity contribution in [2.75, 3.05) is 20.3 Å². The zero-order valence-corrected chi connectivity index (χ0v) is 11.6. The summed E-state index contributed by atoms with van der Waals surface area (Å²) in [5.41, 5.74) is 0. The van der Waals surface area contributed by atoms with E-state index in [2.05, 4.69) is 4.74 Å². The number of ether oxygens (including phenoxy) is 2. The molecule has 0 aromatic carbocycles. The highest BCUT2D eigenvalue weighted by Gasteiger charge is 2.41. The van der Waals surface area contributed by atoms with Crippen LogP contribution in [0.4, 0.5) is 0 Å². The van der Waals surface area contributed by atoms with Gasteiger partial charge in [0.2, 0.25) is 11.8 Å². The molecule has 0 bridgehead atoms. The normalized spacial score (nSPS) is 22.4. The van der Waals surface area contributed by atoms with Gasteiger partial charge in [-0.15, -0.1) is 0 Å². The van der Waals surface area contributed by atoms with E-state index in [1.165, 1.54) is 7.11 Å². The van der Waals surface area contributed by atoms with Crippen molar-refractivity contribution in [2.45, 2.75) is 13.8 Å². The van der Waals surface area contributed by atoms with Gasteiger partial charge in [0.05, 0.1) is 13.7 Å². The summed E-state index contributed by atoms with van der Waals surface area (Å²) in [7, 11) is 1.19. The molecule has 0 saturated carbocycles. The second-order valence-corrected chi connectivity index (χ2v) is 4.43. The fourth-order valence-electron chi connectivity index (χ4n) is 1.74. The molecule has 1 aliphatic heterocycles. The van der Waals surface area contributed by atoms with Crippen LogP contribution in [0.15, 0.2) is 12.2 Å². The molecule has 0 aromatic heterocycles. The van der Waals surface area contributed by atoms with Crippen LogP contribution in [-0.2, 0) is 28.7 Å². The summed E-state index contributed by atoms with van der Waals surface area (Å²) in [6.07, 6.45) is 1.85. The van der Waals surface area contributed by atoms with Gasteiger partial charge in [0.1, 0.15) is 6.61 Å². The van der Waals surface area contributed by atoms with E-state index < -0.39 is 11.9 Å². The summed E-state index contributed by atoms with van der Waals surface area (Å²) in [4.78, 5) is 46.5. The Hall–Kier alpha value is -2.18. The van der Waals surface area contributed by atoms with Gasteiger partial charge in [0, 0.05) is 24.0 Å². The maximum atomic E-state index is 11.7. The Labute approximate surface area is 116 Å².